The lowest BCUT2D eigenvalue weighted by molar-refractivity contribution is 0.480. The van der Waals surface area contributed by atoms with E-state index in [1.807, 2.05) is 0 Å². The van der Waals surface area contributed by atoms with Gasteiger partial charge in [-0.15, -0.1) is 0 Å². The van der Waals surface area contributed by atoms with Crippen molar-refractivity contribution in [2.45, 2.75) is 105 Å². The first-order chi connectivity index (χ1) is 26.8. The summed E-state index contributed by atoms with van der Waals surface area (Å²) < 4.78 is 14.2. The van der Waals surface area contributed by atoms with Crippen molar-refractivity contribution < 1.29 is 9.15 Å². The quantitative estimate of drug-likeness (QED) is 0.145. The molecule has 4 aliphatic heterocycles. The fraction of sp³-hybridized carbons (Fsp3) is 0.308. The van der Waals surface area contributed by atoms with Gasteiger partial charge in [-0.1, -0.05) is 156 Å². The van der Waals surface area contributed by atoms with Gasteiger partial charge in [-0.2, -0.15) is 0 Å². The highest BCUT2D eigenvalue weighted by atomic mass is 16.5. The molecule has 0 N–H and O–H groups in total. The highest BCUT2D eigenvalue weighted by Crippen LogP contribution is 2.51. The van der Waals surface area contributed by atoms with Crippen LogP contribution >= 0.6 is 0 Å². The Morgan fingerprint density at radius 3 is 1.70 bits per heavy atom. The molecule has 0 unspecified atom stereocenters. The van der Waals surface area contributed by atoms with Gasteiger partial charge in [0.2, 0.25) is 0 Å². The Kier molecular flexibility index (Phi) is 6.68. The number of rotatable bonds is 0. The van der Waals surface area contributed by atoms with E-state index in [4.69, 9.17) is 9.15 Å². The Morgan fingerprint density at radius 2 is 1.07 bits per heavy atom. The molecule has 57 heavy (non-hydrogen) atoms. The number of hydrogen-bond acceptors (Lipinski definition) is 3. The van der Waals surface area contributed by atoms with E-state index >= 15 is 0 Å². The Balaban J connectivity index is 1.28. The second-order valence-corrected chi connectivity index (χ2v) is 21.4. The number of fused-ring (bicyclic) bond motifs is 13. The highest BCUT2D eigenvalue weighted by molar-refractivity contribution is 7.03. The van der Waals surface area contributed by atoms with Gasteiger partial charge >= 0.3 is 6.85 Å². The van der Waals surface area contributed by atoms with Crippen LogP contribution in [0.1, 0.15) is 105 Å². The second kappa shape index (κ2) is 10.9. The fourth-order valence-electron chi connectivity index (χ4n) is 10.4. The topological polar surface area (TPSA) is 25.6 Å². The number of nitrogens with zero attached hydrogens (tertiary/aromatic N) is 1. The average molecular weight is 744 g/mol. The molecule has 0 spiro atoms. The summed E-state index contributed by atoms with van der Waals surface area (Å²) in [5.74, 6) is 1.77. The van der Waals surface area contributed by atoms with E-state index in [9.17, 15) is 0 Å². The molecule has 0 radical (unpaired) electrons. The number of furan rings is 1. The van der Waals surface area contributed by atoms with Crippen LogP contribution in [0.3, 0.4) is 0 Å². The van der Waals surface area contributed by atoms with E-state index in [0.29, 0.717) is 0 Å². The molecule has 0 bridgehead atoms. The van der Waals surface area contributed by atoms with Gasteiger partial charge in [-0.05, 0) is 95.0 Å². The zero-order valence-corrected chi connectivity index (χ0v) is 35.6. The van der Waals surface area contributed by atoms with Gasteiger partial charge in [0.05, 0.1) is 0 Å². The summed E-state index contributed by atoms with van der Waals surface area (Å²) in [4.78, 5) is 2.73. The maximum Gasteiger partial charge on any atom is 0.329 e. The van der Waals surface area contributed by atoms with E-state index < -0.39 is 0 Å². The average Bonchev–Trinajstić information content (AvgIpc) is 3.53. The largest absolute Gasteiger partial charge is 0.454 e. The highest BCUT2D eigenvalue weighted by Gasteiger charge is 2.52. The predicted molar refractivity (Wildman–Crippen MR) is 244 cm³/mol. The minimum atomic E-state index is -0.0658. The Bertz CT molecular complexity index is 2940. The van der Waals surface area contributed by atoms with Crippen molar-refractivity contribution in [1.29, 1.82) is 0 Å². The lowest BCUT2D eigenvalue weighted by Gasteiger charge is -2.50. The van der Waals surface area contributed by atoms with E-state index in [2.05, 4.69) is 179 Å². The molecule has 5 heterocycles. The van der Waals surface area contributed by atoms with Gasteiger partial charge in [0.25, 0.3) is 6.71 Å². The second-order valence-electron chi connectivity index (χ2n) is 21.4. The normalized spacial score (nSPS) is 15.1. The van der Waals surface area contributed by atoms with E-state index in [1.165, 1.54) is 83.2 Å². The van der Waals surface area contributed by atoms with Gasteiger partial charge in [0, 0.05) is 38.8 Å². The Morgan fingerprint density at radius 1 is 0.474 bits per heavy atom. The van der Waals surface area contributed by atoms with Crippen LogP contribution in [0.15, 0.2) is 95.4 Å². The molecular formula is C52H51B2NO2. The Labute approximate surface area is 338 Å². The molecule has 4 aliphatic rings. The molecule has 3 nitrogen and oxygen atoms in total. The van der Waals surface area contributed by atoms with Crippen LogP contribution in [-0.2, 0) is 21.7 Å². The maximum absolute atomic E-state index is 7.23. The third-order valence-electron chi connectivity index (χ3n) is 13.5. The zero-order valence-electron chi connectivity index (χ0n) is 35.6. The molecule has 7 aromatic rings. The SMILES string of the molecule is CC(C)(C)c1ccc2c(c1)B1c3cc(C(C)(C)C)ccc3-c3ccc4c5c3N1c1c(cc(C(C)(C)C)cc1-2)B5c1ccc2c(oc3c(C(C)(C)C)cccc32)c1O4. The molecule has 1 aromatic heterocycles. The Hall–Kier alpha value is -5.15. The molecule has 0 amide bonds. The first kappa shape index (κ1) is 35.0. The molecule has 0 atom stereocenters. The van der Waals surface area contributed by atoms with Gasteiger partial charge in [0.1, 0.15) is 11.3 Å². The summed E-state index contributed by atoms with van der Waals surface area (Å²) in [7, 11) is 0. The summed E-state index contributed by atoms with van der Waals surface area (Å²) in [6.45, 7) is 27.8. The van der Waals surface area contributed by atoms with Crippen molar-refractivity contribution in [1.82, 2.24) is 0 Å². The van der Waals surface area contributed by atoms with Gasteiger partial charge < -0.3 is 14.0 Å². The minimum Gasteiger partial charge on any atom is -0.454 e. The van der Waals surface area contributed by atoms with Crippen LogP contribution in [0, 0.1) is 0 Å². The summed E-state index contributed by atoms with van der Waals surface area (Å²) in [5, 5.41) is 2.24. The van der Waals surface area contributed by atoms with Gasteiger partial charge in [-0.3, -0.25) is 0 Å². The molecule has 282 valence electrons. The lowest BCUT2D eigenvalue weighted by Crippen LogP contribution is -2.68. The molecular weight excluding hydrogens is 692 g/mol. The van der Waals surface area contributed by atoms with Crippen molar-refractivity contribution in [2.24, 2.45) is 0 Å². The monoisotopic (exact) mass is 743 g/mol. The molecule has 5 heteroatoms. The van der Waals surface area contributed by atoms with Crippen LogP contribution in [0.5, 0.6) is 11.5 Å². The molecule has 0 saturated heterocycles. The van der Waals surface area contributed by atoms with Crippen molar-refractivity contribution in [3.63, 3.8) is 0 Å². The van der Waals surface area contributed by atoms with E-state index in [1.54, 1.807) is 0 Å². The van der Waals surface area contributed by atoms with E-state index in [0.717, 1.165) is 33.4 Å². The molecule has 0 saturated carbocycles. The van der Waals surface area contributed by atoms with Crippen molar-refractivity contribution >= 4 is 74.2 Å². The first-order valence-electron chi connectivity index (χ1n) is 20.9. The van der Waals surface area contributed by atoms with Crippen LogP contribution in [0.25, 0.3) is 44.2 Å². The van der Waals surface area contributed by atoms with Crippen molar-refractivity contribution in [2.75, 3.05) is 4.81 Å². The van der Waals surface area contributed by atoms with Crippen LogP contribution in [0.4, 0.5) is 11.4 Å². The summed E-state index contributed by atoms with van der Waals surface area (Å²) in [6.07, 6.45) is 0. The number of para-hydroxylation sites is 1. The first-order valence-corrected chi connectivity index (χ1v) is 20.9. The smallest absolute Gasteiger partial charge is 0.329 e. The maximum atomic E-state index is 7.23. The van der Waals surface area contributed by atoms with Gasteiger partial charge in [-0.25, -0.2) is 0 Å². The van der Waals surface area contributed by atoms with Crippen LogP contribution < -0.4 is 36.9 Å². The number of anilines is 2. The molecule has 6 aromatic carbocycles. The predicted octanol–water partition coefficient (Wildman–Crippen LogP) is 10.6. The van der Waals surface area contributed by atoms with E-state index in [-0.39, 0.29) is 35.2 Å². The third-order valence-corrected chi connectivity index (χ3v) is 13.5. The van der Waals surface area contributed by atoms with Crippen molar-refractivity contribution in [3.05, 3.63) is 113 Å². The lowest BCUT2D eigenvalue weighted by atomic mass is 9.31. The summed E-state index contributed by atoms with van der Waals surface area (Å²) in [6, 6.07) is 35.5. The van der Waals surface area contributed by atoms with Crippen LogP contribution in [-0.4, -0.2) is 13.6 Å². The fourth-order valence-corrected chi connectivity index (χ4v) is 10.4. The summed E-state index contributed by atoms with van der Waals surface area (Å²) in [5.41, 5.74) is 21.4. The molecule has 0 fully saturated rings. The summed E-state index contributed by atoms with van der Waals surface area (Å²) >= 11 is 0. The standard InChI is InChI=1S/C52H51B2NO2/c1-49(2,3)28-16-18-31-33-21-23-42-43-45(33)55-44-36(32-19-17-29(50(4,5)6)26-40(32)54(55)39(31)25-28)24-30(51(7,8)9)27-41(44)53(43)38-22-20-35-34-14-13-15-37(52(10,11)12)46(34)57-47(35)48(38)56-42/h13-27H,1-12H3. The number of benzene rings is 6. The van der Waals surface area contributed by atoms with Crippen LogP contribution in [0.2, 0.25) is 0 Å². The minimum absolute atomic E-state index is 0.00965. The third kappa shape index (κ3) is 4.69. The number of ether oxygens (including phenoxy) is 1. The zero-order chi connectivity index (χ0) is 39.9. The molecule has 0 aliphatic carbocycles. The number of hydrogen-bond donors (Lipinski definition) is 0. The van der Waals surface area contributed by atoms with Crippen molar-refractivity contribution in [3.8, 4) is 33.8 Å². The van der Waals surface area contributed by atoms with Gasteiger partial charge in [0.15, 0.2) is 11.3 Å². The molecule has 11 rings (SSSR count).